The van der Waals surface area contributed by atoms with Crippen molar-refractivity contribution in [3.05, 3.63) is 83.5 Å². The quantitative estimate of drug-likeness (QED) is 0.334. The number of fused-ring (bicyclic) bond motifs is 1. The number of nitrogens with two attached hydrogens (primary N) is 1. The summed E-state index contributed by atoms with van der Waals surface area (Å²) in [6.45, 7) is 2.31. The Morgan fingerprint density at radius 3 is 2.42 bits per heavy atom. The highest BCUT2D eigenvalue weighted by atomic mass is 19.3. The first-order valence-electron chi connectivity index (χ1n) is 11.9. The highest BCUT2D eigenvalue weighted by molar-refractivity contribution is 5.98. The molecule has 196 valence electrons. The van der Waals surface area contributed by atoms with Gasteiger partial charge in [0, 0.05) is 42.4 Å². The Kier molecular flexibility index (Phi) is 6.66. The van der Waals surface area contributed by atoms with Crippen molar-refractivity contribution in [1.82, 2.24) is 19.5 Å². The Hall–Kier alpha value is -4.54. The molecule has 2 aromatic heterocycles. The Labute approximate surface area is 215 Å². The van der Waals surface area contributed by atoms with Crippen molar-refractivity contribution >= 4 is 17.5 Å². The van der Waals surface area contributed by atoms with Crippen LogP contribution < -0.4 is 10.5 Å². The number of halogens is 3. The molecule has 1 atom stereocenters. The molecule has 2 amide bonds. The predicted octanol–water partition coefficient (Wildman–Crippen LogP) is 4.96. The van der Waals surface area contributed by atoms with Gasteiger partial charge in [-0.3, -0.25) is 14.7 Å². The average molecular weight is 524 g/mol. The standard InChI is InChI=1S/C27H24F3N5O3/c1-15-2-6-18(7-3-15)38-19-8-4-16(5-9-19)23-24(25(31)36)35-26(33-23)20(13-32-35)17-10-11-34(14-17)27(37)21(28)12-22(29)30/h2-9,12-13,17,22,32H,10-11,14H2,1H3,(H2,31,36). The zero-order chi connectivity index (χ0) is 27.0. The number of hydrogen-bond donors (Lipinski definition) is 2. The fraction of sp³-hybridized carbons (Fsp3) is 0.222. The Morgan fingerprint density at radius 1 is 1.13 bits per heavy atom. The van der Waals surface area contributed by atoms with Gasteiger partial charge in [-0.15, -0.1) is 0 Å². The van der Waals surface area contributed by atoms with Gasteiger partial charge in [-0.25, -0.2) is 22.7 Å². The molecule has 1 fully saturated rings. The number of carbonyl (C=O) groups is 2. The normalized spacial score (nSPS) is 16.0. The maximum absolute atomic E-state index is 13.8. The van der Waals surface area contributed by atoms with Crippen LogP contribution in [0.1, 0.15) is 34.0 Å². The van der Waals surface area contributed by atoms with Crippen LogP contribution in [-0.4, -0.2) is 50.8 Å². The molecule has 3 N–H and O–H groups in total. The molecule has 1 unspecified atom stereocenters. The summed E-state index contributed by atoms with van der Waals surface area (Å²) in [4.78, 5) is 30.5. The summed E-state index contributed by atoms with van der Waals surface area (Å²) in [5.41, 5.74) is 9.11. The molecule has 0 aliphatic carbocycles. The number of nitrogens with zero attached hydrogens (tertiary/aromatic N) is 3. The van der Waals surface area contributed by atoms with Gasteiger partial charge in [0.05, 0.1) is 0 Å². The number of alkyl halides is 2. The molecule has 4 aromatic rings. The Morgan fingerprint density at radius 2 is 1.79 bits per heavy atom. The number of benzene rings is 2. The van der Waals surface area contributed by atoms with Gasteiger partial charge >= 0.3 is 0 Å². The number of hydrogen-bond acceptors (Lipinski definition) is 4. The second-order valence-corrected chi connectivity index (χ2v) is 9.09. The minimum Gasteiger partial charge on any atom is -0.457 e. The third kappa shape index (κ3) is 4.86. The van der Waals surface area contributed by atoms with Gasteiger partial charge in [0.25, 0.3) is 18.2 Å². The van der Waals surface area contributed by atoms with E-state index in [0.29, 0.717) is 40.4 Å². The number of aromatic amines is 1. The highest BCUT2D eigenvalue weighted by Crippen LogP contribution is 2.34. The number of H-pyrrole nitrogens is 1. The molecule has 1 saturated heterocycles. The average Bonchev–Trinajstić information content (AvgIpc) is 3.60. The highest BCUT2D eigenvalue weighted by Gasteiger charge is 2.33. The second-order valence-electron chi connectivity index (χ2n) is 9.09. The van der Waals surface area contributed by atoms with E-state index < -0.39 is 24.1 Å². The van der Waals surface area contributed by atoms with Crippen LogP contribution in [-0.2, 0) is 4.79 Å². The first-order chi connectivity index (χ1) is 18.2. The van der Waals surface area contributed by atoms with Gasteiger partial charge < -0.3 is 15.4 Å². The molecule has 11 heteroatoms. The molecular formula is C27H24F3N5O3. The minimum absolute atomic E-state index is 0.00126. The number of amides is 2. The van der Waals surface area contributed by atoms with E-state index in [1.165, 1.54) is 9.42 Å². The fourth-order valence-electron chi connectivity index (χ4n) is 4.62. The summed E-state index contributed by atoms with van der Waals surface area (Å²) in [6.07, 6.45) is -0.927. The van der Waals surface area contributed by atoms with Crippen molar-refractivity contribution < 1.29 is 27.5 Å². The van der Waals surface area contributed by atoms with Crippen molar-refractivity contribution in [2.45, 2.75) is 25.7 Å². The molecular weight excluding hydrogens is 499 g/mol. The van der Waals surface area contributed by atoms with Gasteiger partial charge in [-0.1, -0.05) is 17.7 Å². The van der Waals surface area contributed by atoms with Crippen molar-refractivity contribution in [1.29, 1.82) is 0 Å². The smallest absolute Gasteiger partial charge is 0.282 e. The number of aryl methyl sites for hydroxylation is 1. The van der Waals surface area contributed by atoms with E-state index in [1.54, 1.807) is 30.5 Å². The van der Waals surface area contributed by atoms with Crippen molar-refractivity contribution in [2.24, 2.45) is 5.73 Å². The Bertz CT molecular complexity index is 1520. The fourth-order valence-corrected chi connectivity index (χ4v) is 4.62. The Balaban J connectivity index is 1.41. The number of nitrogens with one attached hydrogen (secondary N) is 1. The molecule has 3 heterocycles. The third-order valence-corrected chi connectivity index (χ3v) is 6.49. The van der Waals surface area contributed by atoms with E-state index in [-0.39, 0.29) is 30.8 Å². The van der Waals surface area contributed by atoms with E-state index in [1.807, 2.05) is 31.2 Å². The summed E-state index contributed by atoms with van der Waals surface area (Å²) in [5.74, 6) is -2.19. The van der Waals surface area contributed by atoms with Gasteiger partial charge in [0.1, 0.15) is 17.2 Å². The maximum Gasteiger partial charge on any atom is 0.282 e. The molecule has 5 rings (SSSR count). The number of allylic oxidation sites excluding steroid dienone is 1. The number of carbonyl (C=O) groups excluding carboxylic acids is 2. The zero-order valence-electron chi connectivity index (χ0n) is 20.3. The molecule has 2 aromatic carbocycles. The number of ether oxygens (including phenoxy) is 1. The lowest BCUT2D eigenvalue weighted by Gasteiger charge is -2.15. The number of rotatable bonds is 7. The molecule has 1 aliphatic rings. The van der Waals surface area contributed by atoms with E-state index >= 15 is 0 Å². The van der Waals surface area contributed by atoms with Crippen LogP contribution in [0.15, 0.2) is 66.6 Å². The molecule has 0 saturated carbocycles. The van der Waals surface area contributed by atoms with Crippen LogP contribution in [0, 0.1) is 6.92 Å². The summed E-state index contributed by atoms with van der Waals surface area (Å²) in [6, 6.07) is 14.7. The van der Waals surface area contributed by atoms with Gasteiger partial charge in [-0.2, -0.15) is 0 Å². The van der Waals surface area contributed by atoms with Crippen LogP contribution in [0.2, 0.25) is 0 Å². The molecule has 1 aliphatic heterocycles. The SMILES string of the molecule is Cc1ccc(Oc2ccc(-c3nc4c(C5CCN(C(=O)C(F)=CC(F)F)C5)c[nH]n4c3C(N)=O)cc2)cc1. The minimum atomic E-state index is -3.06. The first-order valence-corrected chi connectivity index (χ1v) is 11.9. The molecule has 0 spiro atoms. The van der Waals surface area contributed by atoms with Crippen LogP contribution in [0.5, 0.6) is 11.5 Å². The van der Waals surface area contributed by atoms with E-state index in [2.05, 4.69) is 10.1 Å². The van der Waals surface area contributed by atoms with Crippen LogP contribution in [0.25, 0.3) is 16.9 Å². The summed E-state index contributed by atoms with van der Waals surface area (Å²) >= 11 is 0. The topological polar surface area (TPSA) is 106 Å². The third-order valence-electron chi connectivity index (χ3n) is 6.49. The van der Waals surface area contributed by atoms with Gasteiger partial charge in [0.2, 0.25) is 0 Å². The molecule has 38 heavy (non-hydrogen) atoms. The van der Waals surface area contributed by atoms with Crippen molar-refractivity contribution in [3.8, 4) is 22.8 Å². The number of likely N-dealkylation sites (tertiary alicyclic amines) is 1. The van der Waals surface area contributed by atoms with Crippen molar-refractivity contribution in [2.75, 3.05) is 13.1 Å². The molecule has 0 bridgehead atoms. The van der Waals surface area contributed by atoms with Gasteiger partial charge in [0.15, 0.2) is 17.2 Å². The first kappa shape index (κ1) is 25.1. The van der Waals surface area contributed by atoms with Crippen LogP contribution in [0.3, 0.4) is 0 Å². The molecule has 8 nitrogen and oxygen atoms in total. The van der Waals surface area contributed by atoms with E-state index in [9.17, 15) is 22.8 Å². The monoisotopic (exact) mass is 523 g/mol. The van der Waals surface area contributed by atoms with Gasteiger partial charge in [-0.05, 0) is 49.7 Å². The van der Waals surface area contributed by atoms with Crippen molar-refractivity contribution in [3.63, 3.8) is 0 Å². The van der Waals surface area contributed by atoms with Crippen LogP contribution >= 0.6 is 0 Å². The van der Waals surface area contributed by atoms with Crippen LogP contribution in [0.4, 0.5) is 13.2 Å². The zero-order valence-corrected chi connectivity index (χ0v) is 20.3. The lowest BCUT2D eigenvalue weighted by molar-refractivity contribution is -0.127. The number of aromatic nitrogens is 3. The predicted molar refractivity (Wildman–Crippen MR) is 134 cm³/mol. The maximum atomic E-state index is 13.8. The second kappa shape index (κ2) is 10.1. The molecule has 0 radical (unpaired) electrons. The lowest BCUT2D eigenvalue weighted by atomic mass is 10.0. The van der Waals surface area contributed by atoms with E-state index in [0.717, 1.165) is 5.56 Å². The number of imidazole rings is 1. The largest absolute Gasteiger partial charge is 0.457 e. The lowest BCUT2D eigenvalue weighted by Crippen LogP contribution is -2.29. The number of primary amides is 1. The van der Waals surface area contributed by atoms with E-state index in [4.69, 9.17) is 10.5 Å². The summed E-state index contributed by atoms with van der Waals surface area (Å²) < 4.78 is 46.1. The summed E-state index contributed by atoms with van der Waals surface area (Å²) in [7, 11) is 0. The summed E-state index contributed by atoms with van der Waals surface area (Å²) in [5, 5.41) is 2.99.